The van der Waals surface area contributed by atoms with Crippen LogP contribution in [0.25, 0.3) is 11.0 Å². The van der Waals surface area contributed by atoms with Gasteiger partial charge in [-0.15, -0.1) is 0 Å². The Morgan fingerprint density at radius 2 is 2.27 bits per heavy atom. The number of fused-ring (bicyclic) bond motifs is 1. The van der Waals surface area contributed by atoms with E-state index in [1.54, 1.807) is 17.1 Å². The number of carbonyl (C=O) groups excluding carboxylic acids is 1. The van der Waals surface area contributed by atoms with Crippen LogP contribution >= 0.6 is 0 Å². The molecule has 1 unspecified atom stereocenters. The number of amides is 1. The SMILES string of the molecule is Cc1cnc2c(cnn2CC(=O)N2CC(N)C3(CCC3)C2)c1. The van der Waals surface area contributed by atoms with Gasteiger partial charge in [0.2, 0.25) is 5.91 Å². The fraction of sp³-hybridized carbons (Fsp3) is 0.562. The highest BCUT2D eigenvalue weighted by atomic mass is 16.2. The highest BCUT2D eigenvalue weighted by Gasteiger charge is 2.49. The quantitative estimate of drug-likeness (QED) is 0.900. The van der Waals surface area contributed by atoms with Crippen LogP contribution in [0.5, 0.6) is 0 Å². The molecule has 116 valence electrons. The van der Waals surface area contributed by atoms with E-state index in [0.29, 0.717) is 6.54 Å². The Morgan fingerprint density at radius 3 is 2.95 bits per heavy atom. The molecular formula is C16H21N5O. The first kappa shape index (κ1) is 13.7. The van der Waals surface area contributed by atoms with Crippen LogP contribution in [0.1, 0.15) is 24.8 Å². The molecule has 0 radical (unpaired) electrons. The van der Waals surface area contributed by atoms with Crippen LogP contribution < -0.4 is 5.73 Å². The van der Waals surface area contributed by atoms with E-state index < -0.39 is 0 Å². The van der Waals surface area contributed by atoms with Gasteiger partial charge < -0.3 is 10.6 Å². The van der Waals surface area contributed by atoms with E-state index in [4.69, 9.17) is 5.73 Å². The van der Waals surface area contributed by atoms with Gasteiger partial charge in [-0.1, -0.05) is 6.42 Å². The highest BCUT2D eigenvalue weighted by Crippen LogP contribution is 2.47. The molecular weight excluding hydrogens is 278 g/mol. The van der Waals surface area contributed by atoms with Gasteiger partial charge in [-0.2, -0.15) is 5.10 Å². The summed E-state index contributed by atoms with van der Waals surface area (Å²) in [6.07, 6.45) is 7.13. The van der Waals surface area contributed by atoms with E-state index in [1.807, 2.05) is 17.9 Å². The number of aryl methyl sites for hydroxylation is 1. The largest absolute Gasteiger partial charge is 0.339 e. The third-order valence-corrected chi connectivity index (χ3v) is 5.31. The molecule has 1 spiro atoms. The minimum atomic E-state index is 0.0894. The second-order valence-corrected chi connectivity index (χ2v) is 6.82. The molecule has 2 N–H and O–H groups in total. The lowest BCUT2D eigenvalue weighted by atomic mass is 9.66. The van der Waals surface area contributed by atoms with E-state index >= 15 is 0 Å². The normalized spacial score (nSPS) is 23.2. The predicted octanol–water partition coefficient (Wildman–Crippen LogP) is 1.08. The summed E-state index contributed by atoms with van der Waals surface area (Å²) in [5, 5.41) is 5.29. The van der Waals surface area contributed by atoms with Crippen molar-refractivity contribution in [1.29, 1.82) is 0 Å². The first-order valence-electron chi connectivity index (χ1n) is 7.89. The van der Waals surface area contributed by atoms with Gasteiger partial charge in [0, 0.05) is 36.1 Å². The molecule has 3 heterocycles. The number of aromatic nitrogens is 3. The molecule has 22 heavy (non-hydrogen) atoms. The van der Waals surface area contributed by atoms with E-state index in [-0.39, 0.29) is 23.9 Å². The van der Waals surface area contributed by atoms with Gasteiger partial charge in [-0.3, -0.25) is 4.79 Å². The molecule has 4 rings (SSSR count). The zero-order chi connectivity index (χ0) is 15.3. The van der Waals surface area contributed by atoms with Crippen LogP contribution in [0.15, 0.2) is 18.5 Å². The third-order valence-electron chi connectivity index (χ3n) is 5.31. The van der Waals surface area contributed by atoms with Crippen molar-refractivity contribution in [2.24, 2.45) is 11.1 Å². The number of carbonyl (C=O) groups is 1. The number of hydrogen-bond acceptors (Lipinski definition) is 4. The molecule has 2 aromatic heterocycles. The Bertz CT molecular complexity index is 733. The van der Waals surface area contributed by atoms with Gasteiger partial charge in [-0.25, -0.2) is 9.67 Å². The smallest absolute Gasteiger partial charge is 0.244 e. The minimum Gasteiger partial charge on any atom is -0.339 e. The number of pyridine rings is 1. The van der Waals surface area contributed by atoms with Gasteiger partial charge in [0.1, 0.15) is 6.54 Å². The van der Waals surface area contributed by atoms with Crippen molar-refractivity contribution < 1.29 is 4.79 Å². The maximum atomic E-state index is 12.6. The summed E-state index contributed by atoms with van der Waals surface area (Å²) >= 11 is 0. The molecule has 1 atom stereocenters. The summed E-state index contributed by atoms with van der Waals surface area (Å²) in [6.45, 7) is 3.71. The molecule has 1 amide bonds. The lowest BCUT2D eigenvalue weighted by Gasteiger charge is -2.41. The first-order valence-corrected chi connectivity index (χ1v) is 7.89. The molecule has 1 aliphatic carbocycles. The standard InChI is InChI=1S/C16H21N5O/c1-11-5-12-7-19-21(15(12)18-6-11)9-14(22)20-8-13(17)16(10-20)3-2-4-16/h5-7,13H,2-4,8-10,17H2,1H3. The fourth-order valence-electron chi connectivity index (χ4n) is 3.77. The summed E-state index contributed by atoms with van der Waals surface area (Å²) in [5.74, 6) is 0.0894. The Balaban J connectivity index is 1.52. The summed E-state index contributed by atoms with van der Waals surface area (Å²) in [7, 11) is 0. The summed E-state index contributed by atoms with van der Waals surface area (Å²) in [5.41, 5.74) is 8.30. The van der Waals surface area contributed by atoms with Crippen molar-refractivity contribution in [3.05, 3.63) is 24.0 Å². The van der Waals surface area contributed by atoms with E-state index in [1.165, 1.54) is 6.42 Å². The summed E-state index contributed by atoms with van der Waals surface area (Å²) in [4.78, 5) is 18.9. The summed E-state index contributed by atoms with van der Waals surface area (Å²) < 4.78 is 1.69. The van der Waals surface area contributed by atoms with Crippen molar-refractivity contribution in [1.82, 2.24) is 19.7 Å². The van der Waals surface area contributed by atoms with Crippen molar-refractivity contribution in [2.45, 2.75) is 38.8 Å². The average Bonchev–Trinajstić information content (AvgIpc) is 2.99. The topological polar surface area (TPSA) is 77.0 Å². The lowest BCUT2D eigenvalue weighted by molar-refractivity contribution is -0.131. The Labute approximate surface area is 129 Å². The lowest BCUT2D eigenvalue weighted by Crippen LogP contribution is -2.45. The molecule has 0 bridgehead atoms. The number of nitrogens with zero attached hydrogens (tertiary/aromatic N) is 4. The zero-order valence-corrected chi connectivity index (χ0v) is 12.8. The molecule has 6 heteroatoms. The maximum absolute atomic E-state index is 12.6. The van der Waals surface area contributed by atoms with Crippen LogP contribution in [-0.2, 0) is 11.3 Å². The van der Waals surface area contributed by atoms with Gasteiger partial charge >= 0.3 is 0 Å². The van der Waals surface area contributed by atoms with Crippen LogP contribution in [0.2, 0.25) is 0 Å². The highest BCUT2D eigenvalue weighted by molar-refractivity contribution is 5.80. The molecule has 1 aliphatic heterocycles. The minimum absolute atomic E-state index is 0.0894. The van der Waals surface area contributed by atoms with Gasteiger partial charge in [0.05, 0.1) is 6.20 Å². The number of likely N-dealkylation sites (tertiary alicyclic amines) is 1. The number of rotatable bonds is 2. The fourth-order valence-corrected chi connectivity index (χ4v) is 3.77. The third kappa shape index (κ3) is 2.01. The molecule has 2 fully saturated rings. The zero-order valence-electron chi connectivity index (χ0n) is 12.8. The second-order valence-electron chi connectivity index (χ2n) is 6.82. The number of hydrogen-bond donors (Lipinski definition) is 1. The second kappa shape index (κ2) is 4.78. The maximum Gasteiger partial charge on any atom is 0.244 e. The van der Waals surface area contributed by atoms with Crippen LogP contribution in [0.3, 0.4) is 0 Å². The van der Waals surface area contributed by atoms with Crippen molar-refractivity contribution in [2.75, 3.05) is 13.1 Å². The molecule has 6 nitrogen and oxygen atoms in total. The predicted molar refractivity (Wildman–Crippen MR) is 83.1 cm³/mol. The summed E-state index contributed by atoms with van der Waals surface area (Å²) in [6, 6.07) is 2.16. The van der Waals surface area contributed by atoms with E-state index in [2.05, 4.69) is 10.1 Å². The van der Waals surface area contributed by atoms with E-state index in [9.17, 15) is 4.79 Å². The van der Waals surface area contributed by atoms with Crippen LogP contribution in [-0.4, -0.2) is 44.7 Å². The molecule has 0 aromatic carbocycles. The van der Waals surface area contributed by atoms with Gasteiger partial charge in [-0.05, 0) is 31.4 Å². The molecule has 2 aromatic rings. The van der Waals surface area contributed by atoms with E-state index in [0.717, 1.165) is 36.0 Å². The molecule has 1 saturated carbocycles. The number of nitrogens with two attached hydrogens (primary N) is 1. The van der Waals surface area contributed by atoms with Gasteiger partial charge in [0.25, 0.3) is 0 Å². The Morgan fingerprint density at radius 1 is 1.45 bits per heavy atom. The average molecular weight is 299 g/mol. The molecule has 2 aliphatic rings. The van der Waals surface area contributed by atoms with Gasteiger partial charge in [0.15, 0.2) is 5.65 Å². The van der Waals surface area contributed by atoms with Crippen molar-refractivity contribution in [3.8, 4) is 0 Å². The monoisotopic (exact) mass is 299 g/mol. The van der Waals surface area contributed by atoms with Crippen LogP contribution in [0.4, 0.5) is 0 Å². The molecule has 1 saturated heterocycles. The van der Waals surface area contributed by atoms with Crippen molar-refractivity contribution in [3.63, 3.8) is 0 Å². The van der Waals surface area contributed by atoms with Crippen LogP contribution in [0, 0.1) is 12.3 Å². The first-order chi connectivity index (χ1) is 10.6. The van der Waals surface area contributed by atoms with Crippen molar-refractivity contribution >= 4 is 16.9 Å². The Kier molecular flexibility index (Phi) is 2.97. The Hall–Kier alpha value is -1.95.